The van der Waals surface area contributed by atoms with Crippen LogP contribution >= 0.6 is 0 Å². The summed E-state index contributed by atoms with van der Waals surface area (Å²) in [4.78, 5) is 2.39. The lowest BCUT2D eigenvalue weighted by Crippen LogP contribution is -2.30. The van der Waals surface area contributed by atoms with Gasteiger partial charge >= 0.3 is 0 Å². The molecule has 0 fully saturated rings. The molecule has 21 heavy (non-hydrogen) atoms. The molecule has 0 unspecified atom stereocenters. The number of para-hydroxylation sites is 1. The molecule has 0 spiro atoms. The molecular formula is C19H31NO. The second-order valence-electron chi connectivity index (χ2n) is 6.35. The second-order valence-corrected chi connectivity index (χ2v) is 6.35. The van der Waals surface area contributed by atoms with Gasteiger partial charge < -0.3 is 10.0 Å². The number of phenols is 1. The SMILES string of the molecule is CCCCCCCCCCN1CCCc2cccc(O)c21. The lowest BCUT2D eigenvalue weighted by atomic mass is 10.0. The lowest BCUT2D eigenvalue weighted by Gasteiger charge is -2.31. The third kappa shape index (κ3) is 4.94. The summed E-state index contributed by atoms with van der Waals surface area (Å²) in [5, 5.41) is 10.1. The van der Waals surface area contributed by atoms with Crippen LogP contribution in [0.4, 0.5) is 5.69 Å². The molecule has 1 aliphatic rings. The van der Waals surface area contributed by atoms with E-state index in [1.54, 1.807) is 0 Å². The number of benzene rings is 1. The average molecular weight is 289 g/mol. The Hall–Kier alpha value is -1.18. The van der Waals surface area contributed by atoms with E-state index in [1.807, 2.05) is 12.1 Å². The molecule has 0 aliphatic carbocycles. The van der Waals surface area contributed by atoms with Gasteiger partial charge in [-0.3, -0.25) is 0 Å². The Labute approximate surface area is 130 Å². The normalized spacial score (nSPS) is 14.2. The summed E-state index contributed by atoms with van der Waals surface area (Å²) in [7, 11) is 0. The van der Waals surface area contributed by atoms with Crippen molar-refractivity contribution >= 4 is 5.69 Å². The van der Waals surface area contributed by atoms with E-state index in [-0.39, 0.29) is 0 Å². The highest BCUT2D eigenvalue weighted by atomic mass is 16.3. The minimum atomic E-state index is 0.465. The van der Waals surface area contributed by atoms with Crippen LogP contribution in [-0.2, 0) is 6.42 Å². The molecule has 0 aromatic heterocycles. The highest BCUT2D eigenvalue weighted by molar-refractivity contribution is 5.64. The number of phenolic OH excluding ortho intramolecular Hbond substituents is 1. The molecule has 1 N–H and O–H groups in total. The van der Waals surface area contributed by atoms with Gasteiger partial charge in [-0.1, -0.05) is 64.0 Å². The molecular weight excluding hydrogens is 258 g/mol. The number of hydrogen-bond donors (Lipinski definition) is 1. The summed E-state index contributed by atoms with van der Waals surface area (Å²) in [5.41, 5.74) is 2.42. The Bertz CT molecular complexity index is 416. The van der Waals surface area contributed by atoms with Gasteiger partial charge in [0.25, 0.3) is 0 Å². The van der Waals surface area contributed by atoms with Crippen molar-refractivity contribution in [1.29, 1.82) is 0 Å². The van der Waals surface area contributed by atoms with Crippen molar-refractivity contribution in [3.63, 3.8) is 0 Å². The quantitative estimate of drug-likeness (QED) is 0.625. The molecule has 2 nitrogen and oxygen atoms in total. The maximum Gasteiger partial charge on any atom is 0.139 e. The fourth-order valence-electron chi connectivity index (χ4n) is 3.38. The first kappa shape index (κ1) is 16.2. The summed E-state index contributed by atoms with van der Waals surface area (Å²) in [5.74, 6) is 0.465. The summed E-state index contributed by atoms with van der Waals surface area (Å²) in [6, 6.07) is 5.95. The van der Waals surface area contributed by atoms with Crippen LogP contribution in [0.2, 0.25) is 0 Å². The molecule has 1 aliphatic heterocycles. The number of aryl methyl sites for hydroxylation is 1. The van der Waals surface area contributed by atoms with Crippen molar-refractivity contribution < 1.29 is 5.11 Å². The number of hydrogen-bond acceptors (Lipinski definition) is 2. The van der Waals surface area contributed by atoms with Crippen LogP contribution in [0.1, 0.15) is 70.3 Å². The van der Waals surface area contributed by atoms with E-state index >= 15 is 0 Å². The van der Waals surface area contributed by atoms with Crippen molar-refractivity contribution in [3.8, 4) is 5.75 Å². The number of nitrogens with zero attached hydrogens (tertiary/aromatic N) is 1. The van der Waals surface area contributed by atoms with Crippen LogP contribution in [0.5, 0.6) is 5.75 Å². The molecule has 0 amide bonds. The van der Waals surface area contributed by atoms with Crippen LogP contribution in [0, 0.1) is 0 Å². The first-order chi connectivity index (χ1) is 10.3. The number of rotatable bonds is 9. The van der Waals surface area contributed by atoms with E-state index in [1.165, 1.54) is 63.4 Å². The smallest absolute Gasteiger partial charge is 0.139 e. The zero-order chi connectivity index (χ0) is 14.9. The fourth-order valence-corrected chi connectivity index (χ4v) is 3.38. The number of unbranched alkanes of at least 4 members (excludes halogenated alkanes) is 7. The predicted molar refractivity (Wildman–Crippen MR) is 91.3 cm³/mol. The zero-order valence-corrected chi connectivity index (χ0v) is 13.6. The van der Waals surface area contributed by atoms with Crippen LogP contribution in [0.3, 0.4) is 0 Å². The van der Waals surface area contributed by atoms with Crippen molar-refractivity contribution in [1.82, 2.24) is 0 Å². The number of aromatic hydroxyl groups is 1. The number of fused-ring (bicyclic) bond motifs is 1. The molecule has 0 saturated carbocycles. The first-order valence-corrected chi connectivity index (χ1v) is 8.88. The molecule has 0 bridgehead atoms. The summed E-state index contributed by atoms with van der Waals surface area (Å²) in [6.45, 7) is 4.46. The minimum absolute atomic E-state index is 0.465. The van der Waals surface area contributed by atoms with E-state index < -0.39 is 0 Å². The van der Waals surface area contributed by atoms with Gasteiger partial charge in [-0.2, -0.15) is 0 Å². The fraction of sp³-hybridized carbons (Fsp3) is 0.684. The third-order valence-electron chi connectivity index (χ3n) is 4.57. The van der Waals surface area contributed by atoms with E-state index in [2.05, 4.69) is 17.9 Å². The Kier molecular flexibility index (Phi) is 6.91. The molecule has 1 aromatic rings. The predicted octanol–water partition coefficient (Wildman–Crippen LogP) is 5.29. The van der Waals surface area contributed by atoms with Gasteiger partial charge in [-0.05, 0) is 30.9 Å². The largest absolute Gasteiger partial charge is 0.506 e. The first-order valence-electron chi connectivity index (χ1n) is 8.88. The zero-order valence-electron chi connectivity index (χ0n) is 13.6. The summed E-state index contributed by atoms with van der Waals surface area (Å²) >= 11 is 0. The molecule has 1 heterocycles. The molecule has 0 atom stereocenters. The Balaban J connectivity index is 1.68. The van der Waals surface area contributed by atoms with E-state index in [0.717, 1.165) is 25.2 Å². The van der Waals surface area contributed by atoms with Crippen molar-refractivity contribution in [3.05, 3.63) is 23.8 Å². The van der Waals surface area contributed by atoms with Gasteiger partial charge in [0, 0.05) is 13.1 Å². The highest BCUT2D eigenvalue weighted by Crippen LogP contribution is 2.35. The van der Waals surface area contributed by atoms with Crippen LogP contribution in [0.15, 0.2) is 18.2 Å². The summed E-state index contributed by atoms with van der Waals surface area (Å²) < 4.78 is 0. The van der Waals surface area contributed by atoms with Gasteiger partial charge in [0.1, 0.15) is 5.75 Å². The molecule has 0 saturated heterocycles. The third-order valence-corrected chi connectivity index (χ3v) is 4.57. The van der Waals surface area contributed by atoms with Crippen LogP contribution in [0.25, 0.3) is 0 Å². The lowest BCUT2D eigenvalue weighted by molar-refractivity contribution is 0.469. The van der Waals surface area contributed by atoms with Gasteiger partial charge in [0.15, 0.2) is 0 Å². The van der Waals surface area contributed by atoms with Crippen LogP contribution < -0.4 is 4.90 Å². The second kappa shape index (κ2) is 8.96. The number of anilines is 1. The highest BCUT2D eigenvalue weighted by Gasteiger charge is 2.19. The summed E-state index contributed by atoms with van der Waals surface area (Å²) in [6.07, 6.45) is 13.2. The maximum atomic E-state index is 10.1. The standard InChI is InChI=1S/C19H31NO/c1-2-3-4-5-6-7-8-9-15-20-16-11-13-17-12-10-14-18(21)19(17)20/h10,12,14,21H,2-9,11,13,15-16H2,1H3. The van der Waals surface area contributed by atoms with Crippen LogP contribution in [-0.4, -0.2) is 18.2 Å². The Morgan fingerprint density at radius 3 is 2.48 bits per heavy atom. The van der Waals surface area contributed by atoms with Gasteiger partial charge in [0.05, 0.1) is 5.69 Å². The molecule has 1 aromatic carbocycles. The van der Waals surface area contributed by atoms with Gasteiger partial charge in [0.2, 0.25) is 0 Å². The topological polar surface area (TPSA) is 23.5 Å². The minimum Gasteiger partial charge on any atom is -0.506 e. The van der Waals surface area contributed by atoms with E-state index in [9.17, 15) is 5.11 Å². The van der Waals surface area contributed by atoms with E-state index in [4.69, 9.17) is 0 Å². The Morgan fingerprint density at radius 1 is 1.00 bits per heavy atom. The molecule has 2 heteroatoms. The Morgan fingerprint density at radius 2 is 1.71 bits per heavy atom. The maximum absolute atomic E-state index is 10.1. The van der Waals surface area contributed by atoms with Gasteiger partial charge in [-0.15, -0.1) is 0 Å². The molecule has 2 rings (SSSR count). The van der Waals surface area contributed by atoms with E-state index in [0.29, 0.717) is 5.75 Å². The van der Waals surface area contributed by atoms with Crippen molar-refractivity contribution in [2.24, 2.45) is 0 Å². The molecule has 118 valence electrons. The monoisotopic (exact) mass is 289 g/mol. The van der Waals surface area contributed by atoms with Crippen molar-refractivity contribution in [2.45, 2.75) is 71.1 Å². The average Bonchev–Trinajstić information content (AvgIpc) is 2.50. The van der Waals surface area contributed by atoms with Gasteiger partial charge in [-0.25, -0.2) is 0 Å². The molecule has 0 radical (unpaired) electrons. The van der Waals surface area contributed by atoms with Crippen molar-refractivity contribution in [2.75, 3.05) is 18.0 Å².